The second-order valence-corrected chi connectivity index (χ2v) is 7.45. The van der Waals surface area contributed by atoms with Gasteiger partial charge in [-0.3, -0.25) is 4.99 Å². The highest BCUT2D eigenvalue weighted by atomic mass is 32.2. The molecule has 0 aliphatic heterocycles. The first-order valence-electron chi connectivity index (χ1n) is 8.75. The molecule has 0 aliphatic rings. The summed E-state index contributed by atoms with van der Waals surface area (Å²) in [6, 6.07) is 10.5. The van der Waals surface area contributed by atoms with Crippen LogP contribution < -0.4 is 10.6 Å². The summed E-state index contributed by atoms with van der Waals surface area (Å²) in [5.41, 5.74) is 2.14. The van der Waals surface area contributed by atoms with Gasteiger partial charge in [-0.1, -0.05) is 30.3 Å². The van der Waals surface area contributed by atoms with E-state index in [1.807, 2.05) is 31.7 Å². The molecule has 1 aromatic heterocycles. The Morgan fingerprint density at radius 3 is 2.64 bits per heavy atom. The molecule has 2 rings (SSSR count). The molecule has 5 nitrogen and oxygen atoms in total. The SMILES string of the molecule is CCNC(=NCC(C)Sc1ccccc1)NCCc1c(C)noc1C. The lowest BCUT2D eigenvalue weighted by molar-refractivity contribution is 0.392. The summed E-state index contributed by atoms with van der Waals surface area (Å²) in [6.07, 6.45) is 0.875. The standard InChI is InChI=1S/C19H28N4OS/c1-5-20-19(21-12-11-18-15(3)23-24-16(18)4)22-13-14(2)25-17-9-7-6-8-10-17/h6-10,14H,5,11-13H2,1-4H3,(H2,20,21,22). The van der Waals surface area contributed by atoms with Crippen molar-refractivity contribution in [3.05, 3.63) is 47.3 Å². The predicted octanol–water partition coefficient (Wildman–Crippen LogP) is 3.57. The maximum atomic E-state index is 5.21. The molecule has 6 heteroatoms. The molecule has 0 spiro atoms. The topological polar surface area (TPSA) is 62.5 Å². The summed E-state index contributed by atoms with van der Waals surface area (Å²) in [6.45, 7) is 10.6. The van der Waals surface area contributed by atoms with Gasteiger partial charge in [0.1, 0.15) is 5.76 Å². The summed E-state index contributed by atoms with van der Waals surface area (Å²) in [7, 11) is 0. The van der Waals surface area contributed by atoms with Crippen LogP contribution in [0, 0.1) is 13.8 Å². The number of guanidine groups is 1. The highest BCUT2D eigenvalue weighted by molar-refractivity contribution is 8.00. The Labute approximate surface area is 154 Å². The van der Waals surface area contributed by atoms with Crippen LogP contribution in [0.5, 0.6) is 0 Å². The monoisotopic (exact) mass is 360 g/mol. The van der Waals surface area contributed by atoms with Gasteiger partial charge in [0.25, 0.3) is 0 Å². The Morgan fingerprint density at radius 1 is 1.24 bits per heavy atom. The zero-order valence-corrected chi connectivity index (χ0v) is 16.3. The molecular weight excluding hydrogens is 332 g/mol. The Morgan fingerprint density at radius 2 is 2.00 bits per heavy atom. The Balaban J connectivity index is 1.83. The number of nitrogens with one attached hydrogen (secondary N) is 2. The number of rotatable bonds is 8. The fourth-order valence-electron chi connectivity index (χ4n) is 2.49. The largest absolute Gasteiger partial charge is 0.361 e. The second kappa shape index (κ2) is 10.1. The second-order valence-electron chi connectivity index (χ2n) is 5.94. The molecule has 0 bridgehead atoms. The van der Waals surface area contributed by atoms with Gasteiger partial charge in [0.2, 0.25) is 0 Å². The minimum Gasteiger partial charge on any atom is -0.361 e. The van der Waals surface area contributed by atoms with Gasteiger partial charge in [0, 0.05) is 28.8 Å². The van der Waals surface area contributed by atoms with E-state index in [-0.39, 0.29) is 0 Å². The van der Waals surface area contributed by atoms with Gasteiger partial charge in [0.15, 0.2) is 5.96 Å². The van der Waals surface area contributed by atoms with Crippen molar-refractivity contribution < 1.29 is 4.52 Å². The van der Waals surface area contributed by atoms with Gasteiger partial charge in [-0.2, -0.15) is 0 Å². The maximum Gasteiger partial charge on any atom is 0.191 e. The summed E-state index contributed by atoms with van der Waals surface area (Å²) in [5.74, 6) is 1.75. The Hall–Kier alpha value is -1.95. The smallest absolute Gasteiger partial charge is 0.191 e. The predicted molar refractivity (Wildman–Crippen MR) is 105 cm³/mol. The third-order valence-corrected chi connectivity index (χ3v) is 4.88. The maximum absolute atomic E-state index is 5.21. The van der Waals surface area contributed by atoms with Crippen LogP contribution in [-0.4, -0.2) is 36.0 Å². The van der Waals surface area contributed by atoms with Crippen molar-refractivity contribution in [3.8, 4) is 0 Å². The van der Waals surface area contributed by atoms with Crippen LogP contribution in [0.15, 0.2) is 44.7 Å². The van der Waals surface area contributed by atoms with E-state index in [0.29, 0.717) is 5.25 Å². The van der Waals surface area contributed by atoms with Crippen molar-refractivity contribution in [1.82, 2.24) is 15.8 Å². The average Bonchev–Trinajstić information content (AvgIpc) is 2.92. The van der Waals surface area contributed by atoms with E-state index in [1.165, 1.54) is 10.5 Å². The van der Waals surface area contributed by atoms with Gasteiger partial charge in [-0.25, -0.2) is 0 Å². The van der Waals surface area contributed by atoms with Crippen molar-refractivity contribution in [2.75, 3.05) is 19.6 Å². The first-order valence-corrected chi connectivity index (χ1v) is 9.63. The molecule has 0 aliphatic carbocycles. The normalized spacial score (nSPS) is 12.9. The van der Waals surface area contributed by atoms with Crippen LogP contribution >= 0.6 is 11.8 Å². The van der Waals surface area contributed by atoms with Crippen molar-refractivity contribution in [2.45, 2.75) is 44.3 Å². The number of thioether (sulfide) groups is 1. The molecule has 2 N–H and O–H groups in total. The number of aromatic nitrogens is 1. The molecule has 1 heterocycles. The van der Waals surface area contributed by atoms with Crippen molar-refractivity contribution in [2.24, 2.45) is 4.99 Å². The van der Waals surface area contributed by atoms with Gasteiger partial charge < -0.3 is 15.2 Å². The van der Waals surface area contributed by atoms with E-state index in [0.717, 1.165) is 43.5 Å². The van der Waals surface area contributed by atoms with Crippen LogP contribution in [0.4, 0.5) is 0 Å². The van der Waals surface area contributed by atoms with Crippen LogP contribution in [0.2, 0.25) is 0 Å². The number of benzene rings is 1. The lowest BCUT2D eigenvalue weighted by Crippen LogP contribution is -2.38. The van der Waals surface area contributed by atoms with E-state index in [4.69, 9.17) is 9.52 Å². The van der Waals surface area contributed by atoms with Gasteiger partial charge >= 0.3 is 0 Å². The fourth-order valence-corrected chi connectivity index (χ4v) is 3.42. The van der Waals surface area contributed by atoms with Crippen LogP contribution in [-0.2, 0) is 6.42 Å². The molecule has 136 valence electrons. The van der Waals surface area contributed by atoms with E-state index in [9.17, 15) is 0 Å². The number of nitrogens with zero attached hydrogens (tertiary/aromatic N) is 2. The minimum absolute atomic E-state index is 0.417. The summed E-state index contributed by atoms with van der Waals surface area (Å²) >= 11 is 1.85. The van der Waals surface area contributed by atoms with Crippen molar-refractivity contribution >= 4 is 17.7 Å². The molecule has 2 aromatic rings. The molecule has 1 aromatic carbocycles. The zero-order valence-electron chi connectivity index (χ0n) is 15.5. The number of hydrogen-bond acceptors (Lipinski definition) is 4. The van der Waals surface area contributed by atoms with E-state index in [2.05, 4.69) is 53.9 Å². The summed E-state index contributed by atoms with van der Waals surface area (Å²) in [5, 5.41) is 11.1. The van der Waals surface area contributed by atoms with Gasteiger partial charge in [0.05, 0.1) is 12.2 Å². The number of hydrogen-bond donors (Lipinski definition) is 2. The number of aliphatic imine (C=N–C) groups is 1. The number of aryl methyl sites for hydroxylation is 2. The molecular formula is C19H28N4OS. The summed E-state index contributed by atoms with van der Waals surface area (Å²) < 4.78 is 5.21. The lowest BCUT2D eigenvalue weighted by atomic mass is 10.1. The molecule has 1 unspecified atom stereocenters. The van der Waals surface area contributed by atoms with Crippen molar-refractivity contribution in [3.63, 3.8) is 0 Å². The average molecular weight is 361 g/mol. The Bertz CT molecular complexity index is 650. The quantitative estimate of drug-likeness (QED) is 0.428. The van der Waals surface area contributed by atoms with Crippen LogP contribution in [0.1, 0.15) is 30.9 Å². The first kappa shape index (κ1) is 19.4. The van der Waals surface area contributed by atoms with Crippen LogP contribution in [0.3, 0.4) is 0 Å². The van der Waals surface area contributed by atoms with E-state index in [1.54, 1.807) is 0 Å². The molecule has 0 fully saturated rings. The first-order chi connectivity index (χ1) is 12.1. The van der Waals surface area contributed by atoms with Gasteiger partial charge in [-0.05, 0) is 39.3 Å². The molecule has 0 amide bonds. The molecule has 25 heavy (non-hydrogen) atoms. The van der Waals surface area contributed by atoms with Crippen LogP contribution in [0.25, 0.3) is 0 Å². The third kappa shape index (κ3) is 6.46. The van der Waals surface area contributed by atoms with Gasteiger partial charge in [-0.15, -0.1) is 11.8 Å². The molecule has 0 radical (unpaired) electrons. The van der Waals surface area contributed by atoms with E-state index >= 15 is 0 Å². The third-order valence-electron chi connectivity index (χ3n) is 3.78. The molecule has 0 saturated heterocycles. The summed E-state index contributed by atoms with van der Waals surface area (Å²) in [4.78, 5) is 5.99. The zero-order chi connectivity index (χ0) is 18.1. The fraction of sp³-hybridized carbons (Fsp3) is 0.474. The minimum atomic E-state index is 0.417. The Kier molecular flexibility index (Phi) is 7.85. The highest BCUT2D eigenvalue weighted by Gasteiger charge is 2.09. The molecule has 1 atom stereocenters. The van der Waals surface area contributed by atoms with E-state index < -0.39 is 0 Å². The highest BCUT2D eigenvalue weighted by Crippen LogP contribution is 2.22. The lowest BCUT2D eigenvalue weighted by Gasteiger charge is -2.13. The molecule has 0 saturated carbocycles. The van der Waals surface area contributed by atoms with Crippen molar-refractivity contribution in [1.29, 1.82) is 0 Å².